The Morgan fingerprint density at radius 3 is 2.79 bits per heavy atom. The molecular weight excluding hydrogens is 238 g/mol. The summed E-state index contributed by atoms with van der Waals surface area (Å²) in [5.41, 5.74) is 0. The van der Waals surface area contributed by atoms with Crippen LogP contribution in [-0.4, -0.2) is 35.6 Å². The maximum atomic E-state index is 12.2. The van der Waals surface area contributed by atoms with Gasteiger partial charge in [0, 0.05) is 18.9 Å². The van der Waals surface area contributed by atoms with E-state index in [2.05, 4.69) is 11.8 Å². The van der Waals surface area contributed by atoms with Crippen molar-refractivity contribution in [2.75, 3.05) is 13.1 Å². The average Bonchev–Trinajstić information content (AvgIpc) is 2.38. The SMILES string of the molecule is CCCC(=O)C1C[C@H]2[C@@H](CCCN2CCC)CC1=O. The molecule has 2 fully saturated rings. The van der Waals surface area contributed by atoms with Crippen LogP contribution in [0.3, 0.4) is 0 Å². The molecule has 1 aliphatic carbocycles. The molecule has 0 spiro atoms. The number of likely N-dealkylation sites (tertiary alicyclic amines) is 1. The van der Waals surface area contributed by atoms with Crippen LogP contribution in [0, 0.1) is 11.8 Å². The molecule has 3 heteroatoms. The molecule has 2 aliphatic rings. The minimum Gasteiger partial charge on any atom is -0.300 e. The maximum Gasteiger partial charge on any atom is 0.143 e. The van der Waals surface area contributed by atoms with Gasteiger partial charge in [0.05, 0.1) is 5.92 Å². The zero-order chi connectivity index (χ0) is 13.8. The molecule has 0 amide bonds. The standard InChI is InChI=1S/C16H27NO2/c1-3-6-15(18)13-11-14-12(10-16(13)19)7-5-9-17(14)8-4-2/h12-14H,3-11H2,1-2H3/t12-,13?,14-/m0/s1. The van der Waals surface area contributed by atoms with Gasteiger partial charge in [-0.1, -0.05) is 13.8 Å². The molecule has 1 unspecified atom stereocenters. The highest BCUT2D eigenvalue weighted by atomic mass is 16.1. The zero-order valence-electron chi connectivity index (χ0n) is 12.4. The number of rotatable bonds is 5. The minimum absolute atomic E-state index is 0.188. The highest BCUT2D eigenvalue weighted by molar-refractivity contribution is 6.03. The summed E-state index contributed by atoms with van der Waals surface area (Å²) in [6.45, 7) is 6.48. The van der Waals surface area contributed by atoms with Crippen molar-refractivity contribution in [1.82, 2.24) is 4.90 Å². The molecule has 3 atom stereocenters. The second kappa shape index (κ2) is 6.65. The summed E-state index contributed by atoms with van der Waals surface area (Å²) in [6, 6.07) is 0.484. The minimum atomic E-state index is -0.293. The molecule has 1 heterocycles. The highest BCUT2D eigenvalue weighted by Crippen LogP contribution is 2.37. The van der Waals surface area contributed by atoms with Crippen LogP contribution in [0.15, 0.2) is 0 Å². The fourth-order valence-electron chi connectivity index (χ4n) is 3.86. The number of carbonyl (C=O) groups excluding carboxylic acids is 2. The van der Waals surface area contributed by atoms with E-state index in [1.165, 1.54) is 12.8 Å². The van der Waals surface area contributed by atoms with Crippen molar-refractivity contribution in [2.24, 2.45) is 11.8 Å². The van der Waals surface area contributed by atoms with Crippen LogP contribution in [0.4, 0.5) is 0 Å². The second-order valence-electron chi connectivity index (χ2n) is 6.18. The van der Waals surface area contributed by atoms with Crippen LogP contribution >= 0.6 is 0 Å². The molecular formula is C16H27NO2. The van der Waals surface area contributed by atoms with Gasteiger partial charge in [0.25, 0.3) is 0 Å². The Morgan fingerprint density at radius 2 is 2.11 bits per heavy atom. The number of carbonyl (C=O) groups is 2. The Balaban J connectivity index is 2.06. The first-order chi connectivity index (χ1) is 9.17. The number of piperidine rings is 1. The van der Waals surface area contributed by atoms with Gasteiger partial charge >= 0.3 is 0 Å². The number of Topliss-reactive ketones (excluding diaryl/α,β-unsaturated/α-hetero) is 2. The lowest BCUT2D eigenvalue weighted by Gasteiger charge is -2.45. The summed E-state index contributed by atoms with van der Waals surface area (Å²) < 4.78 is 0. The molecule has 0 aromatic heterocycles. The Hall–Kier alpha value is -0.700. The highest BCUT2D eigenvalue weighted by Gasteiger charge is 2.42. The van der Waals surface area contributed by atoms with Crippen LogP contribution in [0.2, 0.25) is 0 Å². The molecule has 0 radical (unpaired) electrons. The second-order valence-corrected chi connectivity index (χ2v) is 6.18. The zero-order valence-corrected chi connectivity index (χ0v) is 12.4. The first-order valence-corrected chi connectivity index (χ1v) is 7.96. The lowest BCUT2D eigenvalue weighted by molar-refractivity contribution is -0.138. The van der Waals surface area contributed by atoms with Crippen LogP contribution in [0.5, 0.6) is 0 Å². The van der Waals surface area contributed by atoms with Gasteiger partial charge in [-0.05, 0) is 51.1 Å². The topological polar surface area (TPSA) is 37.4 Å². The predicted molar refractivity (Wildman–Crippen MR) is 76.0 cm³/mol. The van der Waals surface area contributed by atoms with E-state index < -0.39 is 0 Å². The van der Waals surface area contributed by atoms with E-state index >= 15 is 0 Å². The fourth-order valence-corrected chi connectivity index (χ4v) is 3.86. The molecule has 0 bridgehead atoms. The predicted octanol–water partition coefficient (Wildman–Crippen LogP) is 2.83. The molecule has 1 saturated carbocycles. The monoisotopic (exact) mass is 265 g/mol. The Bertz CT molecular complexity index is 338. The summed E-state index contributed by atoms with van der Waals surface area (Å²) >= 11 is 0. The van der Waals surface area contributed by atoms with Crippen molar-refractivity contribution in [3.63, 3.8) is 0 Å². The molecule has 0 aromatic rings. The molecule has 108 valence electrons. The number of fused-ring (bicyclic) bond motifs is 1. The fraction of sp³-hybridized carbons (Fsp3) is 0.875. The van der Waals surface area contributed by atoms with Gasteiger partial charge in [-0.2, -0.15) is 0 Å². The van der Waals surface area contributed by atoms with E-state index in [1.54, 1.807) is 0 Å². The van der Waals surface area contributed by atoms with E-state index in [9.17, 15) is 9.59 Å². The lowest BCUT2D eigenvalue weighted by atomic mass is 9.71. The van der Waals surface area contributed by atoms with Crippen molar-refractivity contribution in [1.29, 1.82) is 0 Å². The van der Waals surface area contributed by atoms with Gasteiger partial charge in [-0.25, -0.2) is 0 Å². The number of hydrogen-bond acceptors (Lipinski definition) is 3. The number of nitrogens with zero attached hydrogens (tertiary/aromatic N) is 1. The average molecular weight is 265 g/mol. The van der Waals surface area contributed by atoms with Crippen LogP contribution in [0.1, 0.15) is 58.8 Å². The third kappa shape index (κ3) is 3.25. The van der Waals surface area contributed by atoms with Crippen molar-refractivity contribution in [2.45, 2.75) is 64.8 Å². The molecule has 1 saturated heterocycles. The van der Waals surface area contributed by atoms with Gasteiger partial charge in [0.2, 0.25) is 0 Å². The van der Waals surface area contributed by atoms with Gasteiger partial charge in [-0.15, -0.1) is 0 Å². The first-order valence-electron chi connectivity index (χ1n) is 7.96. The van der Waals surface area contributed by atoms with Crippen LogP contribution in [0.25, 0.3) is 0 Å². The summed E-state index contributed by atoms with van der Waals surface area (Å²) in [5.74, 6) is 0.628. The quantitative estimate of drug-likeness (QED) is 0.717. The van der Waals surface area contributed by atoms with Crippen molar-refractivity contribution in [3.05, 3.63) is 0 Å². The van der Waals surface area contributed by atoms with Crippen molar-refractivity contribution >= 4 is 11.6 Å². The van der Waals surface area contributed by atoms with E-state index in [4.69, 9.17) is 0 Å². The molecule has 2 rings (SSSR count). The van der Waals surface area contributed by atoms with Crippen LogP contribution in [-0.2, 0) is 9.59 Å². The van der Waals surface area contributed by atoms with Gasteiger partial charge in [-0.3, -0.25) is 9.59 Å². The van der Waals surface area contributed by atoms with Gasteiger partial charge in [0.15, 0.2) is 0 Å². The van der Waals surface area contributed by atoms with Crippen molar-refractivity contribution < 1.29 is 9.59 Å². The lowest BCUT2D eigenvalue weighted by Crippen LogP contribution is -2.51. The molecule has 0 N–H and O–H groups in total. The third-order valence-electron chi connectivity index (χ3n) is 4.76. The smallest absolute Gasteiger partial charge is 0.143 e. The Labute approximate surface area is 116 Å². The first kappa shape index (κ1) is 14.7. The van der Waals surface area contributed by atoms with E-state index in [0.29, 0.717) is 24.8 Å². The molecule has 3 nitrogen and oxygen atoms in total. The normalized spacial score (nSPS) is 32.1. The summed E-state index contributed by atoms with van der Waals surface area (Å²) in [4.78, 5) is 26.8. The maximum absolute atomic E-state index is 12.2. The summed E-state index contributed by atoms with van der Waals surface area (Å²) in [7, 11) is 0. The number of ketones is 2. The van der Waals surface area contributed by atoms with Gasteiger partial charge in [0.1, 0.15) is 11.6 Å². The third-order valence-corrected chi connectivity index (χ3v) is 4.76. The summed E-state index contributed by atoms with van der Waals surface area (Å²) in [6.07, 6.45) is 6.41. The van der Waals surface area contributed by atoms with Crippen LogP contribution < -0.4 is 0 Å². The molecule has 1 aliphatic heterocycles. The van der Waals surface area contributed by atoms with E-state index in [-0.39, 0.29) is 17.5 Å². The molecule has 19 heavy (non-hydrogen) atoms. The van der Waals surface area contributed by atoms with E-state index in [1.807, 2.05) is 6.92 Å². The molecule has 0 aromatic carbocycles. The Kier molecular flexibility index (Phi) is 5.14. The largest absolute Gasteiger partial charge is 0.300 e. The van der Waals surface area contributed by atoms with Crippen molar-refractivity contribution in [3.8, 4) is 0 Å². The Morgan fingerprint density at radius 1 is 1.32 bits per heavy atom. The van der Waals surface area contributed by atoms with Gasteiger partial charge < -0.3 is 4.90 Å². The van der Waals surface area contributed by atoms with E-state index in [0.717, 1.165) is 32.4 Å². The number of hydrogen-bond donors (Lipinski definition) is 0. The summed E-state index contributed by atoms with van der Waals surface area (Å²) in [5, 5.41) is 0.